The molecule has 0 unspecified atom stereocenters. The summed E-state index contributed by atoms with van der Waals surface area (Å²) in [5, 5.41) is 0. The smallest absolute Gasteiger partial charge is 0.330 e. The van der Waals surface area contributed by atoms with Crippen LogP contribution in [0, 0.1) is 34.5 Å². The van der Waals surface area contributed by atoms with Crippen molar-refractivity contribution in [2.45, 2.75) is 78.7 Å². The zero-order valence-electron chi connectivity index (χ0n) is 19.8. The Balaban J connectivity index is 1.52. The van der Waals surface area contributed by atoms with Crippen molar-refractivity contribution >= 4 is 11.9 Å². The van der Waals surface area contributed by atoms with Crippen LogP contribution in [-0.4, -0.2) is 25.2 Å². The summed E-state index contributed by atoms with van der Waals surface area (Å²) in [6.45, 7) is 8.68. The van der Waals surface area contributed by atoms with Gasteiger partial charge in [0.15, 0.2) is 0 Å². The van der Waals surface area contributed by atoms with Gasteiger partial charge < -0.3 is 9.47 Å². The molecule has 7 atom stereocenters. The summed E-state index contributed by atoms with van der Waals surface area (Å²) in [4.78, 5) is 23.0. The average Bonchev–Trinajstić information content (AvgIpc) is 3.09. The van der Waals surface area contributed by atoms with Crippen molar-refractivity contribution in [1.82, 2.24) is 0 Å². The third kappa shape index (κ3) is 3.81. The molecular weight excluding hydrogens is 388 g/mol. The lowest BCUT2D eigenvalue weighted by Crippen LogP contribution is -2.50. The first-order valence-electron chi connectivity index (χ1n) is 12.0. The maximum absolute atomic E-state index is 11.6. The van der Waals surface area contributed by atoms with Crippen LogP contribution in [0.1, 0.15) is 72.6 Å². The number of allylic oxidation sites excluding steroid dienone is 4. The molecule has 2 fully saturated rings. The molecule has 0 aromatic rings. The number of carbonyl (C=O) groups excluding carboxylic acids is 2. The lowest BCUT2D eigenvalue weighted by molar-refractivity contribution is -0.148. The van der Waals surface area contributed by atoms with Crippen molar-refractivity contribution in [2.24, 2.45) is 34.5 Å². The van der Waals surface area contributed by atoms with E-state index in [2.05, 4.69) is 32.9 Å². The fourth-order valence-corrected chi connectivity index (χ4v) is 7.66. The van der Waals surface area contributed by atoms with Crippen LogP contribution in [0.4, 0.5) is 0 Å². The highest BCUT2D eigenvalue weighted by atomic mass is 16.5. The van der Waals surface area contributed by atoms with Crippen LogP contribution in [0.25, 0.3) is 0 Å². The summed E-state index contributed by atoms with van der Waals surface area (Å²) >= 11 is 0. The first-order valence-corrected chi connectivity index (χ1v) is 12.0. The molecule has 4 rings (SSSR count). The predicted molar refractivity (Wildman–Crippen MR) is 121 cm³/mol. The van der Waals surface area contributed by atoms with Gasteiger partial charge in [-0.15, -0.1) is 0 Å². The van der Waals surface area contributed by atoms with E-state index >= 15 is 0 Å². The van der Waals surface area contributed by atoms with E-state index in [0.717, 1.165) is 38.0 Å². The topological polar surface area (TPSA) is 52.6 Å². The minimum atomic E-state index is -0.280. The summed E-state index contributed by atoms with van der Waals surface area (Å²) in [6, 6.07) is 0. The van der Waals surface area contributed by atoms with Gasteiger partial charge in [-0.25, -0.2) is 4.79 Å². The number of carbonyl (C=O) groups is 2. The quantitative estimate of drug-likeness (QED) is 0.325. The highest BCUT2D eigenvalue weighted by Gasteiger charge is 2.57. The monoisotopic (exact) mass is 426 g/mol. The Morgan fingerprint density at radius 1 is 1.10 bits per heavy atom. The van der Waals surface area contributed by atoms with Crippen LogP contribution >= 0.6 is 0 Å². The lowest BCUT2D eigenvalue weighted by Gasteiger charge is -2.58. The second-order valence-electron chi connectivity index (χ2n) is 10.8. The second-order valence-corrected chi connectivity index (χ2v) is 10.8. The first kappa shape index (κ1) is 22.4. The summed E-state index contributed by atoms with van der Waals surface area (Å²) in [5.74, 6) is 1.93. The number of rotatable bonds is 4. The van der Waals surface area contributed by atoms with Gasteiger partial charge in [-0.1, -0.05) is 50.1 Å². The van der Waals surface area contributed by atoms with Gasteiger partial charge in [0.2, 0.25) is 0 Å². The molecule has 0 amide bonds. The van der Waals surface area contributed by atoms with Crippen molar-refractivity contribution in [2.75, 3.05) is 7.11 Å². The van der Waals surface area contributed by atoms with Crippen molar-refractivity contribution in [3.8, 4) is 0 Å². The molecule has 0 spiro atoms. The molecule has 0 radical (unpaired) electrons. The molecule has 4 heteroatoms. The Morgan fingerprint density at radius 3 is 2.55 bits per heavy atom. The van der Waals surface area contributed by atoms with E-state index in [0.29, 0.717) is 11.8 Å². The first-order chi connectivity index (χ1) is 14.7. The van der Waals surface area contributed by atoms with Gasteiger partial charge in [-0.05, 0) is 73.0 Å². The van der Waals surface area contributed by atoms with Crippen molar-refractivity contribution in [3.63, 3.8) is 0 Å². The number of ether oxygens (including phenoxy) is 2. The minimum Gasteiger partial charge on any atom is -0.466 e. The predicted octanol–water partition coefficient (Wildman–Crippen LogP) is 5.78. The van der Waals surface area contributed by atoms with Gasteiger partial charge in [-0.2, -0.15) is 0 Å². The molecular formula is C27H38O4. The van der Waals surface area contributed by atoms with Gasteiger partial charge in [-0.3, -0.25) is 4.79 Å². The van der Waals surface area contributed by atoms with E-state index in [4.69, 9.17) is 9.47 Å². The zero-order valence-corrected chi connectivity index (χ0v) is 19.8. The number of hydrogen-bond acceptors (Lipinski definition) is 4. The minimum absolute atomic E-state index is 0.0597. The van der Waals surface area contributed by atoms with Gasteiger partial charge in [0.25, 0.3) is 0 Å². The van der Waals surface area contributed by atoms with E-state index in [1.165, 1.54) is 38.0 Å². The summed E-state index contributed by atoms with van der Waals surface area (Å²) in [6.07, 6.45) is 16.4. The molecule has 0 aromatic carbocycles. The Morgan fingerprint density at radius 2 is 1.84 bits per heavy atom. The SMILES string of the molecule is COC(=O)C=C[C@@H](C)C1=CC[C@H]2[C@@H]3CC=C4C[C@@H](OC(C)=O)CC[C@]4(C)[C@H]3CC[C@]12C. The molecule has 0 N–H and O–H groups in total. The Labute approximate surface area is 187 Å². The molecule has 0 aromatic heterocycles. The molecule has 4 aliphatic rings. The summed E-state index contributed by atoms with van der Waals surface area (Å²) in [7, 11) is 1.43. The standard InChI is InChI=1S/C27H38O4/c1-17(6-11-25(29)30-5)22-9-10-23-21-8-7-19-16-20(31-18(2)28)12-14-26(19,3)24(21)13-15-27(22,23)4/h6-7,9,11,17,20-21,23-24H,8,10,12-16H2,1-5H3/t17-,20+,21+,23+,24+,26+,27-/m1/s1. The van der Waals surface area contributed by atoms with E-state index < -0.39 is 0 Å². The molecule has 2 saturated carbocycles. The Bertz CT molecular complexity index is 836. The number of hydrogen-bond donors (Lipinski definition) is 0. The van der Waals surface area contributed by atoms with Crippen LogP contribution < -0.4 is 0 Å². The van der Waals surface area contributed by atoms with E-state index in [1.54, 1.807) is 6.08 Å². The zero-order chi connectivity index (χ0) is 22.4. The van der Waals surface area contributed by atoms with Gasteiger partial charge >= 0.3 is 11.9 Å². The molecule has 0 heterocycles. The maximum Gasteiger partial charge on any atom is 0.330 e. The Hall–Kier alpha value is -1.84. The molecule has 4 aliphatic carbocycles. The maximum atomic E-state index is 11.6. The Kier molecular flexibility index (Phi) is 5.95. The van der Waals surface area contributed by atoms with Crippen LogP contribution in [0.2, 0.25) is 0 Å². The fraction of sp³-hybridized carbons (Fsp3) is 0.704. The molecule has 0 aliphatic heterocycles. The largest absolute Gasteiger partial charge is 0.466 e. The van der Waals surface area contributed by atoms with E-state index in [1.807, 2.05) is 6.08 Å². The van der Waals surface area contributed by atoms with E-state index in [9.17, 15) is 9.59 Å². The van der Waals surface area contributed by atoms with Crippen LogP contribution in [0.3, 0.4) is 0 Å². The van der Waals surface area contributed by atoms with Crippen molar-refractivity contribution in [3.05, 3.63) is 35.5 Å². The lowest BCUT2D eigenvalue weighted by atomic mass is 9.47. The highest BCUT2D eigenvalue weighted by Crippen LogP contribution is 2.65. The molecule has 0 bridgehead atoms. The summed E-state index contributed by atoms with van der Waals surface area (Å²) in [5.41, 5.74) is 3.52. The second kappa shape index (κ2) is 8.26. The fourth-order valence-electron chi connectivity index (χ4n) is 7.66. The van der Waals surface area contributed by atoms with Gasteiger partial charge in [0.1, 0.15) is 6.10 Å². The third-order valence-corrected chi connectivity index (χ3v) is 9.24. The normalized spacial score (nSPS) is 40.2. The van der Waals surface area contributed by atoms with Crippen LogP contribution in [0.15, 0.2) is 35.5 Å². The van der Waals surface area contributed by atoms with Crippen LogP contribution in [0.5, 0.6) is 0 Å². The molecule has 0 saturated heterocycles. The molecule has 31 heavy (non-hydrogen) atoms. The van der Waals surface area contributed by atoms with Gasteiger partial charge in [0.05, 0.1) is 7.11 Å². The van der Waals surface area contributed by atoms with Crippen molar-refractivity contribution < 1.29 is 19.1 Å². The average molecular weight is 427 g/mol. The molecule has 4 nitrogen and oxygen atoms in total. The summed E-state index contributed by atoms with van der Waals surface area (Å²) < 4.78 is 10.3. The number of esters is 2. The van der Waals surface area contributed by atoms with E-state index in [-0.39, 0.29) is 34.8 Å². The van der Waals surface area contributed by atoms with Gasteiger partial charge in [0, 0.05) is 19.4 Å². The third-order valence-electron chi connectivity index (χ3n) is 9.24. The highest BCUT2D eigenvalue weighted by molar-refractivity contribution is 5.81. The van der Waals surface area contributed by atoms with Crippen molar-refractivity contribution in [1.29, 1.82) is 0 Å². The number of methoxy groups -OCH3 is 1. The van der Waals surface area contributed by atoms with Crippen LogP contribution in [-0.2, 0) is 19.1 Å². The number of fused-ring (bicyclic) bond motifs is 5. The molecule has 170 valence electrons.